The standard InChI is InChI=1S/C6H12O6S3/c1-4-13(7,8)5(2)15(11,12)6(3)14(4,9)10/h4-6H,1-3H3. The summed E-state index contributed by atoms with van der Waals surface area (Å²) >= 11 is 0. The van der Waals surface area contributed by atoms with Gasteiger partial charge in [-0.3, -0.25) is 0 Å². The smallest absolute Gasteiger partial charge is 0.184 e. The maximum atomic E-state index is 11.5. The third-order valence-electron chi connectivity index (χ3n) is 2.78. The van der Waals surface area contributed by atoms with Gasteiger partial charge in [0.05, 0.1) is 0 Å². The average Bonchev–Trinajstić information content (AvgIpc) is 2.12. The van der Waals surface area contributed by atoms with Gasteiger partial charge in [0.2, 0.25) is 0 Å². The Morgan fingerprint density at radius 1 is 0.533 bits per heavy atom. The van der Waals surface area contributed by atoms with Gasteiger partial charge in [0.15, 0.2) is 43.3 Å². The highest BCUT2D eigenvalue weighted by molar-refractivity contribution is 8.25. The molecule has 0 aromatic heterocycles. The molecule has 1 aliphatic rings. The zero-order valence-corrected chi connectivity index (χ0v) is 10.9. The molecule has 0 aliphatic carbocycles. The fourth-order valence-electron chi connectivity index (χ4n) is 1.37. The second-order valence-corrected chi connectivity index (χ2v) is 12.1. The molecule has 0 bridgehead atoms. The van der Waals surface area contributed by atoms with Crippen molar-refractivity contribution in [3.63, 3.8) is 0 Å². The van der Waals surface area contributed by atoms with Crippen molar-refractivity contribution in [2.75, 3.05) is 0 Å². The molecule has 15 heavy (non-hydrogen) atoms. The molecule has 9 heteroatoms. The van der Waals surface area contributed by atoms with Crippen molar-refractivity contribution in [3.8, 4) is 0 Å². The molecule has 0 N–H and O–H groups in total. The van der Waals surface area contributed by atoms with Gasteiger partial charge in [0, 0.05) is 0 Å². The summed E-state index contributed by atoms with van der Waals surface area (Å²) in [6.45, 7) is 3.02. The molecule has 1 rings (SSSR count). The van der Waals surface area contributed by atoms with Gasteiger partial charge in [-0.1, -0.05) is 0 Å². The lowest BCUT2D eigenvalue weighted by molar-refractivity contribution is 0.555. The van der Waals surface area contributed by atoms with Crippen molar-refractivity contribution >= 4 is 29.5 Å². The van der Waals surface area contributed by atoms with E-state index in [4.69, 9.17) is 0 Å². The van der Waals surface area contributed by atoms with Gasteiger partial charge >= 0.3 is 0 Å². The van der Waals surface area contributed by atoms with Gasteiger partial charge < -0.3 is 0 Å². The van der Waals surface area contributed by atoms with Gasteiger partial charge in [-0.25, -0.2) is 25.3 Å². The third kappa shape index (κ3) is 1.51. The molecule has 1 heterocycles. The van der Waals surface area contributed by atoms with Crippen molar-refractivity contribution < 1.29 is 25.3 Å². The van der Waals surface area contributed by atoms with Gasteiger partial charge in [0.25, 0.3) is 0 Å². The summed E-state index contributed by atoms with van der Waals surface area (Å²) in [5.41, 5.74) is 0. The zero-order chi connectivity index (χ0) is 12.2. The van der Waals surface area contributed by atoms with Crippen molar-refractivity contribution in [3.05, 3.63) is 0 Å². The van der Waals surface area contributed by atoms with E-state index in [2.05, 4.69) is 0 Å². The Bertz CT molecular complexity index is 451. The lowest BCUT2D eigenvalue weighted by atomic mass is 10.9. The number of hydrogen-bond donors (Lipinski definition) is 0. The van der Waals surface area contributed by atoms with Crippen LogP contribution in [-0.2, 0) is 29.5 Å². The van der Waals surface area contributed by atoms with Crippen LogP contribution in [-0.4, -0.2) is 39.0 Å². The normalized spacial score (nSPS) is 42.2. The van der Waals surface area contributed by atoms with Crippen LogP contribution in [0.3, 0.4) is 0 Å². The largest absolute Gasteiger partial charge is 0.226 e. The van der Waals surface area contributed by atoms with Crippen LogP contribution in [0.2, 0.25) is 0 Å². The summed E-state index contributed by atoms with van der Waals surface area (Å²) in [6, 6.07) is 0. The average molecular weight is 276 g/mol. The minimum atomic E-state index is -4.16. The Kier molecular flexibility index (Phi) is 2.73. The van der Waals surface area contributed by atoms with Crippen LogP contribution < -0.4 is 0 Å². The molecule has 0 aromatic rings. The maximum absolute atomic E-state index is 11.5. The van der Waals surface area contributed by atoms with E-state index in [0.717, 1.165) is 20.8 Å². The van der Waals surface area contributed by atoms with Crippen molar-refractivity contribution in [1.29, 1.82) is 0 Å². The minimum Gasteiger partial charge on any atom is -0.226 e. The summed E-state index contributed by atoms with van der Waals surface area (Å²) in [5.74, 6) is 0. The predicted octanol–water partition coefficient (Wildman–Crippen LogP) is -0.718. The predicted molar refractivity (Wildman–Crippen MR) is 55.1 cm³/mol. The number of hydrogen-bond acceptors (Lipinski definition) is 6. The van der Waals surface area contributed by atoms with E-state index < -0.39 is 43.3 Å². The van der Waals surface area contributed by atoms with Crippen LogP contribution in [0.15, 0.2) is 0 Å². The van der Waals surface area contributed by atoms with Gasteiger partial charge in [-0.05, 0) is 20.8 Å². The molecule has 1 aliphatic heterocycles. The Hall–Kier alpha value is -0.150. The summed E-state index contributed by atoms with van der Waals surface area (Å²) in [7, 11) is -12.5. The van der Waals surface area contributed by atoms with Gasteiger partial charge in [-0.15, -0.1) is 0 Å². The molecular formula is C6H12O6S3. The summed E-state index contributed by atoms with van der Waals surface area (Å²) in [4.78, 5) is 0. The maximum Gasteiger partial charge on any atom is 0.184 e. The zero-order valence-electron chi connectivity index (χ0n) is 8.41. The van der Waals surface area contributed by atoms with Crippen LogP contribution in [0, 0.1) is 0 Å². The van der Waals surface area contributed by atoms with Crippen LogP contribution in [0.25, 0.3) is 0 Å². The van der Waals surface area contributed by atoms with Crippen LogP contribution in [0.5, 0.6) is 0 Å². The quantitative estimate of drug-likeness (QED) is 0.578. The van der Waals surface area contributed by atoms with E-state index in [9.17, 15) is 25.3 Å². The van der Waals surface area contributed by atoms with Gasteiger partial charge in [0.1, 0.15) is 0 Å². The fourth-order valence-corrected chi connectivity index (χ4v) is 11.1. The molecule has 0 unspecified atom stereocenters. The highest BCUT2D eigenvalue weighted by atomic mass is 32.3. The molecule has 0 spiro atoms. The Labute approximate surface area is 89.4 Å². The van der Waals surface area contributed by atoms with E-state index in [1.807, 2.05) is 0 Å². The van der Waals surface area contributed by atoms with E-state index in [0.29, 0.717) is 0 Å². The minimum absolute atomic E-state index is 1.01. The molecule has 0 aromatic carbocycles. The lowest BCUT2D eigenvalue weighted by Gasteiger charge is -2.29. The fraction of sp³-hybridized carbons (Fsp3) is 1.00. The number of rotatable bonds is 0. The highest BCUT2D eigenvalue weighted by Crippen LogP contribution is 2.32. The summed E-state index contributed by atoms with van der Waals surface area (Å²) < 4.78 is 64.2. The first-order valence-corrected chi connectivity index (χ1v) is 8.97. The molecule has 90 valence electrons. The van der Waals surface area contributed by atoms with E-state index in [-0.39, 0.29) is 0 Å². The Balaban J connectivity index is 3.67. The first-order chi connectivity index (χ1) is 6.46. The first kappa shape index (κ1) is 12.9. The SMILES string of the molecule is CC1S(=O)(=O)C(C)S(=O)(=O)C(C)S1(=O)=O. The van der Waals surface area contributed by atoms with Crippen LogP contribution in [0.4, 0.5) is 0 Å². The molecule has 0 radical (unpaired) electrons. The molecule has 1 saturated heterocycles. The molecule has 6 nitrogen and oxygen atoms in total. The highest BCUT2D eigenvalue weighted by Gasteiger charge is 2.55. The van der Waals surface area contributed by atoms with E-state index >= 15 is 0 Å². The topological polar surface area (TPSA) is 102 Å². The monoisotopic (exact) mass is 276 g/mol. The molecular weight excluding hydrogens is 264 g/mol. The van der Waals surface area contributed by atoms with E-state index in [1.165, 1.54) is 0 Å². The second kappa shape index (κ2) is 3.17. The molecule has 0 atom stereocenters. The Morgan fingerprint density at radius 3 is 0.800 bits per heavy atom. The molecule has 0 saturated carbocycles. The van der Waals surface area contributed by atoms with Crippen molar-refractivity contribution in [1.82, 2.24) is 0 Å². The van der Waals surface area contributed by atoms with Gasteiger partial charge in [-0.2, -0.15) is 0 Å². The lowest BCUT2D eigenvalue weighted by Crippen LogP contribution is -2.52. The van der Waals surface area contributed by atoms with Crippen molar-refractivity contribution in [2.24, 2.45) is 0 Å². The third-order valence-corrected chi connectivity index (χ3v) is 13.2. The summed E-state index contributed by atoms with van der Waals surface area (Å²) in [5, 5.41) is 0. The second-order valence-electron chi connectivity index (χ2n) is 3.47. The summed E-state index contributed by atoms with van der Waals surface area (Å²) in [6.07, 6.45) is 0. The first-order valence-electron chi connectivity index (χ1n) is 4.15. The molecule has 0 amide bonds. The Morgan fingerprint density at radius 2 is 0.667 bits per heavy atom. The van der Waals surface area contributed by atoms with E-state index in [1.54, 1.807) is 0 Å². The van der Waals surface area contributed by atoms with Crippen LogP contribution in [0.1, 0.15) is 20.8 Å². The van der Waals surface area contributed by atoms with Crippen LogP contribution >= 0.6 is 0 Å². The van der Waals surface area contributed by atoms with Crippen molar-refractivity contribution in [2.45, 2.75) is 34.5 Å². The molecule has 1 fully saturated rings. The number of sulfone groups is 3.